The molecule has 22 heavy (non-hydrogen) atoms. The smallest absolute Gasteiger partial charge is 0.161 e. The van der Waals surface area contributed by atoms with Gasteiger partial charge in [-0.1, -0.05) is 0 Å². The molecule has 2 aliphatic rings. The van der Waals surface area contributed by atoms with Crippen molar-refractivity contribution in [3.8, 4) is 11.5 Å². The van der Waals surface area contributed by atoms with Gasteiger partial charge in [-0.05, 0) is 56.4 Å². The van der Waals surface area contributed by atoms with E-state index in [0.29, 0.717) is 6.04 Å². The minimum absolute atomic E-state index is 0.345. The summed E-state index contributed by atoms with van der Waals surface area (Å²) in [5.74, 6) is 1.46. The highest BCUT2D eigenvalue weighted by Crippen LogP contribution is 2.40. The van der Waals surface area contributed by atoms with Gasteiger partial charge >= 0.3 is 0 Å². The first kappa shape index (κ1) is 15.2. The normalized spacial score (nSPS) is 25.0. The van der Waals surface area contributed by atoms with Gasteiger partial charge in [0, 0.05) is 23.8 Å². The van der Waals surface area contributed by atoms with Crippen LogP contribution in [0.1, 0.15) is 38.2 Å². The second-order valence-electron chi connectivity index (χ2n) is 6.20. The number of hydrogen-bond acceptors (Lipinski definition) is 4. The molecule has 0 radical (unpaired) electrons. The number of hydrogen-bond donors (Lipinski definition) is 1. The first-order valence-corrected chi connectivity index (χ1v) is 8.03. The van der Waals surface area contributed by atoms with E-state index in [4.69, 9.17) is 9.47 Å². The van der Waals surface area contributed by atoms with Gasteiger partial charge in [-0.15, -0.1) is 0 Å². The van der Waals surface area contributed by atoms with Crippen molar-refractivity contribution in [3.63, 3.8) is 0 Å². The Morgan fingerprint density at radius 1 is 1.14 bits per heavy atom. The van der Waals surface area contributed by atoms with Crippen LogP contribution in [0.3, 0.4) is 0 Å². The Labute approximate surface area is 132 Å². The standard InChI is InChI=1S/C18H25NO3/c1-12-15(20)11-14-6-4-5-9-19(14)18(12)13-7-8-16(21-2)17(10-13)22-3/h7-8,10,14-15,20H,4-6,9,11H2,1-3H3/t14-,15-/m1/s1. The molecule has 120 valence electrons. The zero-order valence-electron chi connectivity index (χ0n) is 13.6. The van der Waals surface area contributed by atoms with Crippen molar-refractivity contribution >= 4 is 5.70 Å². The Balaban J connectivity index is 2.05. The van der Waals surface area contributed by atoms with Crippen LogP contribution < -0.4 is 9.47 Å². The fourth-order valence-corrected chi connectivity index (χ4v) is 3.74. The minimum Gasteiger partial charge on any atom is -0.493 e. The molecule has 0 aromatic heterocycles. The van der Waals surface area contributed by atoms with Crippen LogP contribution in [0.5, 0.6) is 11.5 Å². The lowest BCUT2D eigenvalue weighted by Gasteiger charge is -2.45. The molecular weight excluding hydrogens is 278 g/mol. The third kappa shape index (κ3) is 2.56. The molecule has 1 fully saturated rings. The fourth-order valence-electron chi connectivity index (χ4n) is 3.74. The van der Waals surface area contributed by atoms with Crippen LogP contribution in [0.25, 0.3) is 5.70 Å². The Hall–Kier alpha value is -1.68. The van der Waals surface area contributed by atoms with Crippen molar-refractivity contribution in [2.24, 2.45) is 0 Å². The van der Waals surface area contributed by atoms with E-state index in [9.17, 15) is 5.11 Å². The monoisotopic (exact) mass is 303 g/mol. The summed E-state index contributed by atoms with van der Waals surface area (Å²) in [6.45, 7) is 3.11. The number of nitrogens with zero attached hydrogens (tertiary/aromatic N) is 1. The van der Waals surface area contributed by atoms with Gasteiger partial charge in [0.15, 0.2) is 11.5 Å². The molecule has 4 nitrogen and oxygen atoms in total. The molecule has 1 aromatic rings. The maximum Gasteiger partial charge on any atom is 0.161 e. The van der Waals surface area contributed by atoms with Crippen molar-refractivity contribution in [3.05, 3.63) is 29.3 Å². The predicted octanol–water partition coefficient (Wildman–Crippen LogP) is 3.05. The van der Waals surface area contributed by atoms with E-state index < -0.39 is 0 Å². The Bertz CT molecular complexity index is 582. The number of rotatable bonds is 3. The maximum absolute atomic E-state index is 10.4. The van der Waals surface area contributed by atoms with Gasteiger partial charge in [0.1, 0.15) is 0 Å². The van der Waals surface area contributed by atoms with Crippen molar-refractivity contribution in [1.29, 1.82) is 0 Å². The molecule has 0 unspecified atom stereocenters. The molecule has 4 heteroatoms. The number of methoxy groups -OCH3 is 2. The molecule has 1 aromatic carbocycles. The zero-order valence-corrected chi connectivity index (χ0v) is 13.6. The molecule has 1 saturated heterocycles. The lowest BCUT2D eigenvalue weighted by atomic mass is 9.86. The van der Waals surface area contributed by atoms with Gasteiger partial charge in [-0.2, -0.15) is 0 Å². The summed E-state index contributed by atoms with van der Waals surface area (Å²) in [7, 11) is 3.30. The minimum atomic E-state index is -0.345. The Morgan fingerprint density at radius 2 is 1.91 bits per heavy atom. The van der Waals surface area contributed by atoms with Crippen molar-refractivity contribution in [2.75, 3.05) is 20.8 Å². The molecule has 0 spiro atoms. The van der Waals surface area contributed by atoms with Gasteiger partial charge in [-0.3, -0.25) is 0 Å². The van der Waals surface area contributed by atoms with Gasteiger partial charge < -0.3 is 19.5 Å². The van der Waals surface area contributed by atoms with E-state index in [1.165, 1.54) is 25.0 Å². The third-order valence-corrected chi connectivity index (χ3v) is 4.94. The lowest BCUT2D eigenvalue weighted by Crippen LogP contribution is -2.44. The van der Waals surface area contributed by atoms with Crippen LogP contribution in [0, 0.1) is 0 Å². The summed E-state index contributed by atoms with van der Waals surface area (Å²) in [4.78, 5) is 2.48. The van der Waals surface area contributed by atoms with Gasteiger partial charge in [-0.25, -0.2) is 0 Å². The molecule has 3 rings (SSSR count). The SMILES string of the molecule is COc1ccc(C2=C(C)[C@H](O)C[C@H]3CCCCN23)cc1OC. The van der Waals surface area contributed by atoms with Crippen molar-refractivity contribution < 1.29 is 14.6 Å². The summed E-state index contributed by atoms with van der Waals surface area (Å²) in [5.41, 5.74) is 3.33. The number of benzene rings is 1. The van der Waals surface area contributed by atoms with Crippen LogP contribution in [-0.4, -0.2) is 42.9 Å². The molecule has 0 bridgehead atoms. The van der Waals surface area contributed by atoms with E-state index in [1.807, 2.05) is 19.1 Å². The molecular formula is C18H25NO3. The van der Waals surface area contributed by atoms with E-state index in [-0.39, 0.29) is 6.10 Å². The molecule has 1 N–H and O–H groups in total. The topological polar surface area (TPSA) is 41.9 Å². The summed E-state index contributed by atoms with van der Waals surface area (Å²) >= 11 is 0. The van der Waals surface area contributed by atoms with Crippen LogP contribution in [-0.2, 0) is 0 Å². The Kier molecular flexibility index (Phi) is 4.30. The fraction of sp³-hybridized carbons (Fsp3) is 0.556. The first-order valence-electron chi connectivity index (χ1n) is 8.03. The second-order valence-corrected chi connectivity index (χ2v) is 6.20. The van der Waals surface area contributed by atoms with Crippen LogP contribution in [0.15, 0.2) is 23.8 Å². The lowest BCUT2D eigenvalue weighted by molar-refractivity contribution is 0.113. The highest BCUT2D eigenvalue weighted by Gasteiger charge is 2.34. The predicted molar refractivity (Wildman–Crippen MR) is 87.1 cm³/mol. The average Bonchev–Trinajstić information content (AvgIpc) is 2.55. The summed E-state index contributed by atoms with van der Waals surface area (Å²) < 4.78 is 10.8. The van der Waals surface area contributed by atoms with E-state index >= 15 is 0 Å². The number of ether oxygens (including phenoxy) is 2. The molecule has 0 amide bonds. The van der Waals surface area contributed by atoms with Crippen LogP contribution in [0.4, 0.5) is 0 Å². The van der Waals surface area contributed by atoms with Crippen LogP contribution >= 0.6 is 0 Å². The largest absolute Gasteiger partial charge is 0.493 e. The van der Waals surface area contributed by atoms with E-state index in [1.54, 1.807) is 14.2 Å². The third-order valence-electron chi connectivity index (χ3n) is 4.94. The van der Waals surface area contributed by atoms with Crippen molar-refractivity contribution in [2.45, 2.75) is 44.8 Å². The zero-order chi connectivity index (χ0) is 15.7. The summed E-state index contributed by atoms with van der Waals surface area (Å²) in [5, 5.41) is 10.4. The van der Waals surface area contributed by atoms with E-state index in [2.05, 4.69) is 11.0 Å². The summed E-state index contributed by atoms with van der Waals surface area (Å²) in [6, 6.07) is 6.47. The highest BCUT2D eigenvalue weighted by atomic mass is 16.5. The van der Waals surface area contributed by atoms with Gasteiger partial charge in [0.2, 0.25) is 0 Å². The van der Waals surface area contributed by atoms with Gasteiger partial charge in [0.25, 0.3) is 0 Å². The number of aliphatic hydroxyl groups is 1. The van der Waals surface area contributed by atoms with E-state index in [0.717, 1.165) is 35.6 Å². The Morgan fingerprint density at radius 3 is 2.64 bits per heavy atom. The van der Waals surface area contributed by atoms with Crippen LogP contribution in [0.2, 0.25) is 0 Å². The highest BCUT2D eigenvalue weighted by molar-refractivity contribution is 5.71. The first-order chi connectivity index (χ1) is 10.7. The maximum atomic E-state index is 10.4. The number of piperidine rings is 1. The molecule has 2 aliphatic heterocycles. The molecule has 2 atom stereocenters. The second kappa shape index (κ2) is 6.21. The quantitative estimate of drug-likeness (QED) is 0.932. The molecule has 2 heterocycles. The van der Waals surface area contributed by atoms with Gasteiger partial charge in [0.05, 0.1) is 20.3 Å². The molecule has 0 saturated carbocycles. The number of aliphatic hydroxyl groups excluding tert-OH is 1. The summed E-state index contributed by atoms with van der Waals surface area (Å²) in [6.07, 6.45) is 4.15. The average molecular weight is 303 g/mol. The molecule has 0 aliphatic carbocycles. The number of fused-ring (bicyclic) bond motifs is 1. The van der Waals surface area contributed by atoms with Crippen molar-refractivity contribution in [1.82, 2.24) is 4.90 Å².